The van der Waals surface area contributed by atoms with E-state index in [2.05, 4.69) is 4.98 Å². The van der Waals surface area contributed by atoms with Crippen LogP contribution >= 0.6 is 0 Å². The molecule has 1 amide bonds. The average Bonchev–Trinajstić information content (AvgIpc) is 2.36. The Morgan fingerprint density at radius 2 is 2.05 bits per heavy atom. The highest BCUT2D eigenvalue weighted by atomic mass is 16.5. The Bertz CT molecular complexity index is 446. The number of nitrogen functional groups attached to an aromatic ring is 1. The summed E-state index contributed by atoms with van der Waals surface area (Å²) < 4.78 is 5.07. The van der Waals surface area contributed by atoms with Crippen LogP contribution < -0.4 is 5.73 Å². The van der Waals surface area contributed by atoms with Crippen LogP contribution in [0.4, 0.5) is 5.82 Å². The number of carbonyl (C=O) groups is 1. The zero-order valence-electron chi connectivity index (χ0n) is 12.3. The molecule has 0 aliphatic rings. The Morgan fingerprint density at radius 1 is 1.42 bits per heavy atom. The average molecular weight is 265 g/mol. The first-order valence-electron chi connectivity index (χ1n) is 6.40. The number of carbonyl (C=O) groups excluding carboxylic acids is 1. The van der Waals surface area contributed by atoms with Crippen LogP contribution in [0, 0.1) is 0 Å². The van der Waals surface area contributed by atoms with Gasteiger partial charge in [-0.3, -0.25) is 4.79 Å². The molecule has 1 aromatic heterocycles. The molecule has 0 saturated carbocycles. The summed E-state index contributed by atoms with van der Waals surface area (Å²) in [5, 5.41) is 0. The second-order valence-electron chi connectivity index (χ2n) is 5.08. The van der Waals surface area contributed by atoms with Crippen LogP contribution in [0.25, 0.3) is 0 Å². The van der Waals surface area contributed by atoms with Crippen molar-refractivity contribution in [1.29, 1.82) is 0 Å². The van der Waals surface area contributed by atoms with E-state index in [-0.39, 0.29) is 17.9 Å². The monoisotopic (exact) mass is 265 g/mol. The van der Waals surface area contributed by atoms with Gasteiger partial charge in [-0.15, -0.1) is 0 Å². The minimum atomic E-state index is -0.0689. The van der Waals surface area contributed by atoms with Gasteiger partial charge in [0.15, 0.2) is 0 Å². The fourth-order valence-electron chi connectivity index (χ4n) is 1.75. The molecule has 2 N–H and O–H groups in total. The molecule has 0 aliphatic carbocycles. The third-order valence-electron chi connectivity index (χ3n) is 3.09. The van der Waals surface area contributed by atoms with Crippen molar-refractivity contribution < 1.29 is 9.53 Å². The van der Waals surface area contributed by atoms with Gasteiger partial charge in [0.1, 0.15) is 5.82 Å². The number of hydrogen-bond donors (Lipinski definition) is 1. The normalized spacial score (nSPS) is 12.5. The van der Waals surface area contributed by atoms with Gasteiger partial charge in [-0.05, 0) is 25.0 Å². The van der Waals surface area contributed by atoms with Gasteiger partial charge >= 0.3 is 0 Å². The lowest BCUT2D eigenvalue weighted by atomic mass is 10.1. The van der Waals surface area contributed by atoms with Crippen LogP contribution in [0.2, 0.25) is 0 Å². The lowest BCUT2D eigenvalue weighted by Crippen LogP contribution is -2.37. The zero-order valence-corrected chi connectivity index (χ0v) is 12.3. The number of aromatic nitrogens is 1. The summed E-state index contributed by atoms with van der Waals surface area (Å²) in [6.07, 6.45) is 0. The Hall–Kier alpha value is -1.62. The predicted molar refractivity (Wildman–Crippen MR) is 76.2 cm³/mol. The third-order valence-corrected chi connectivity index (χ3v) is 3.09. The van der Waals surface area contributed by atoms with E-state index in [0.29, 0.717) is 18.0 Å². The van der Waals surface area contributed by atoms with Crippen LogP contribution in [-0.2, 0) is 4.74 Å². The van der Waals surface area contributed by atoms with Crippen LogP contribution in [0.15, 0.2) is 12.1 Å². The number of amides is 1. The molecule has 0 aromatic carbocycles. The first kappa shape index (κ1) is 15.4. The minimum Gasteiger partial charge on any atom is -0.384 e. The number of pyridine rings is 1. The van der Waals surface area contributed by atoms with E-state index < -0.39 is 0 Å². The van der Waals surface area contributed by atoms with Crippen LogP contribution in [0.1, 0.15) is 42.7 Å². The lowest BCUT2D eigenvalue weighted by molar-refractivity contribution is 0.0633. The van der Waals surface area contributed by atoms with Crippen LogP contribution in [0.3, 0.4) is 0 Å². The Balaban J connectivity index is 2.99. The van der Waals surface area contributed by atoms with E-state index in [1.165, 1.54) is 0 Å². The van der Waals surface area contributed by atoms with E-state index in [9.17, 15) is 4.79 Å². The first-order chi connectivity index (χ1) is 8.86. The van der Waals surface area contributed by atoms with Gasteiger partial charge in [0.05, 0.1) is 12.6 Å². The van der Waals surface area contributed by atoms with Crippen molar-refractivity contribution in [2.45, 2.75) is 32.7 Å². The fourth-order valence-corrected chi connectivity index (χ4v) is 1.75. The summed E-state index contributed by atoms with van der Waals surface area (Å²) in [5.41, 5.74) is 7.16. The number of likely N-dealkylation sites (N-methyl/N-ethyl adjacent to an activating group) is 1. The van der Waals surface area contributed by atoms with Gasteiger partial charge in [-0.2, -0.15) is 0 Å². The molecule has 0 aliphatic heterocycles. The summed E-state index contributed by atoms with van der Waals surface area (Å²) in [4.78, 5) is 18.3. The Kier molecular flexibility index (Phi) is 5.30. The number of methoxy groups -OCH3 is 1. The molecule has 1 rings (SSSR count). The van der Waals surface area contributed by atoms with Crippen molar-refractivity contribution >= 4 is 11.7 Å². The highest BCUT2D eigenvalue weighted by molar-refractivity contribution is 5.95. The summed E-state index contributed by atoms with van der Waals surface area (Å²) in [7, 11) is 3.38. The van der Waals surface area contributed by atoms with Gasteiger partial charge in [0.2, 0.25) is 0 Å². The lowest BCUT2D eigenvalue weighted by Gasteiger charge is -2.24. The van der Waals surface area contributed by atoms with Gasteiger partial charge in [-0.25, -0.2) is 4.98 Å². The van der Waals surface area contributed by atoms with E-state index >= 15 is 0 Å². The third kappa shape index (κ3) is 3.92. The zero-order chi connectivity index (χ0) is 14.6. The smallest absolute Gasteiger partial charge is 0.254 e. The summed E-state index contributed by atoms with van der Waals surface area (Å²) in [5.74, 6) is 0.541. The molecular formula is C14H23N3O2. The maximum Gasteiger partial charge on any atom is 0.254 e. The van der Waals surface area contributed by atoms with Crippen molar-refractivity contribution in [3.63, 3.8) is 0 Å². The van der Waals surface area contributed by atoms with Crippen molar-refractivity contribution in [2.24, 2.45) is 0 Å². The first-order valence-corrected chi connectivity index (χ1v) is 6.40. The maximum absolute atomic E-state index is 12.4. The minimum absolute atomic E-state index is 0.00869. The number of rotatable bonds is 5. The molecule has 1 heterocycles. The number of hydrogen-bond acceptors (Lipinski definition) is 4. The van der Waals surface area contributed by atoms with E-state index in [0.717, 1.165) is 5.69 Å². The van der Waals surface area contributed by atoms with Gasteiger partial charge < -0.3 is 15.4 Å². The molecule has 0 spiro atoms. The Morgan fingerprint density at radius 3 is 2.58 bits per heavy atom. The largest absolute Gasteiger partial charge is 0.384 e. The van der Waals surface area contributed by atoms with Gasteiger partial charge in [0, 0.05) is 25.4 Å². The van der Waals surface area contributed by atoms with E-state index in [1.54, 1.807) is 31.2 Å². The summed E-state index contributed by atoms with van der Waals surface area (Å²) in [6.45, 7) is 6.48. The molecular weight excluding hydrogens is 242 g/mol. The molecule has 1 aromatic rings. The summed E-state index contributed by atoms with van der Waals surface area (Å²) >= 11 is 0. The standard InChI is InChI=1S/C14H23N3O2/c1-9(2)12-6-11(7-13(15)16-12)14(18)17(4)10(3)8-19-5/h6-7,9-10H,8H2,1-5H3,(H2,15,16). The Labute approximate surface area is 114 Å². The van der Waals surface area contributed by atoms with Crippen LogP contribution in [-0.4, -0.2) is 42.6 Å². The van der Waals surface area contributed by atoms with Gasteiger partial charge in [-0.1, -0.05) is 13.8 Å². The number of nitrogens with zero attached hydrogens (tertiary/aromatic N) is 2. The van der Waals surface area contributed by atoms with Crippen molar-refractivity contribution in [3.05, 3.63) is 23.4 Å². The number of ether oxygens (including phenoxy) is 1. The molecule has 106 valence electrons. The molecule has 0 radical (unpaired) electrons. The van der Waals surface area contributed by atoms with E-state index in [4.69, 9.17) is 10.5 Å². The molecule has 1 atom stereocenters. The fraction of sp³-hybridized carbons (Fsp3) is 0.571. The van der Waals surface area contributed by atoms with Crippen molar-refractivity contribution in [1.82, 2.24) is 9.88 Å². The molecule has 1 unspecified atom stereocenters. The quantitative estimate of drug-likeness (QED) is 0.882. The second-order valence-corrected chi connectivity index (χ2v) is 5.08. The van der Waals surface area contributed by atoms with Crippen molar-refractivity contribution in [2.75, 3.05) is 26.5 Å². The van der Waals surface area contributed by atoms with Crippen LogP contribution in [0.5, 0.6) is 0 Å². The van der Waals surface area contributed by atoms with Gasteiger partial charge in [0.25, 0.3) is 5.91 Å². The molecule has 19 heavy (non-hydrogen) atoms. The maximum atomic E-state index is 12.4. The molecule has 0 bridgehead atoms. The second kappa shape index (κ2) is 6.52. The molecule has 5 nitrogen and oxygen atoms in total. The topological polar surface area (TPSA) is 68.5 Å². The summed E-state index contributed by atoms with van der Waals surface area (Å²) in [6, 6.07) is 3.43. The van der Waals surface area contributed by atoms with E-state index in [1.807, 2.05) is 20.8 Å². The number of nitrogens with two attached hydrogens (primary N) is 1. The molecule has 0 saturated heterocycles. The highest BCUT2D eigenvalue weighted by Crippen LogP contribution is 2.17. The molecule has 5 heteroatoms. The predicted octanol–water partition coefficient (Wildman–Crippen LogP) is 1.89. The molecule has 0 fully saturated rings. The number of anilines is 1. The highest BCUT2D eigenvalue weighted by Gasteiger charge is 2.19. The van der Waals surface area contributed by atoms with Crippen molar-refractivity contribution in [3.8, 4) is 0 Å². The SMILES string of the molecule is COCC(C)N(C)C(=O)c1cc(N)nc(C(C)C)c1.